The highest BCUT2D eigenvalue weighted by Gasteiger charge is 2.24. The number of piperazine rings is 1. The van der Waals surface area contributed by atoms with Gasteiger partial charge in [0.1, 0.15) is 12.1 Å². The van der Waals surface area contributed by atoms with Crippen molar-refractivity contribution < 1.29 is 18.4 Å². The Morgan fingerprint density at radius 3 is 2.50 bits per heavy atom. The molecule has 1 aromatic heterocycles. The van der Waals surface area contributed by atoms with Crippen LogP contribution in [0.15, 0.2) is 53.4 Å². The van der Waals surface area contributed by atoms with E-state index in [9.17, 15) is 14.0 Å². The predicted octanol–water partition coefficient (Wildman–Crippen LogP) is 2.42. The van der Waals surface area contributed by atoms with Crippen molar-refractivity contribution in [2.75, 3.05) is 26.2 Å². The molecular weight excluding hydrogens is 311 g/mol. The van der Waals surface area contributed by atoms with E-state index < -0.39 is 0 Å². The monoisotopic (exact) mass is 328 g/mol. The summed E-state index contributed by atoms with van der Waals surface area (Å²) in [5.41, 5.74) is 1.15. The van der Waals surface area contributed by atoms with E-state index in [2.05, 4.69) is 0 Å². The summed E-state index contributed by atoms with van der Waals surface area (Å²) in [6, 6.07) is 7.68. The maximum absolute atomic E-state index is 13.1. The molecule has 0 atom stereocenters. The Labute approximate surface area is 139 Å². The molecule has 2 heterocycles. The zero-order valence-electron chi connectivity index (χ0n) is 13.0. The number of halogens is 1. The normalized spacial score (nSPS) is 15.0. The van der Waals surface area contributed by atoms with Crippen LogP contribution in [-0.2, 0) is 4.79 Å². The first-order valence-electron chi connectivity index (χ1n) is 7.67. The second-order valence-electron chi connectivity index (χ2n) is 5.52. The molecule has 0 unspecified atom stereocenters. The SMILES string of the molecule is O=C(/C=C/c1cccc(F)c1)N1CCN(C(=O)c2ccoc2)CC1. The number of furan rings is 1. The van der Waals surface area contributed by atoms with Crippen molar-refractivity contribution in [3.8, 4) is 0 Å². The maximum atomic E-state index is 13.1. The topological polar surface area (TPSA) is 53.8 Å². The summed E-state index contributed by atoms with van der Waals surface area (Å²) in [4.78, 5) is 27.8. The lowest BCUT2D eigenvalue weighted by Crippen LogP contribution is -2.50. The third kappa shape index (κ3) is 3.71. The Kier molecular flexibility index (Phi) is 4.74. The summed E-state index contributed by atoms with van der Waals surface area (Å²) < 4.78 is 18.0. The molecular formula is C18H17FN2O3. The highest BCUT2D eigenvalue weighted by Crippen LogP contribution is 2.11. The van der Waals surface area contributed by atoms with Crippen molar-refractivity contribution in [1.29, 1.82) is 0 Å². The maximum Gasteiger partial charge on any atom is 0.257 e. The molecule has 1 aromatic carbocycles. The van der Waals surface area contributed by atoms with Gasteiger partial charge in [-0.15, -0.1) is 0 Å². The van der Waals surface area contributed by atoms with E-state index in [1.54, 1.807) is 34.1 Å². The first-order valence-corrected chi connectivity index (χ1v) is 7.67. The lowest BCUT2D eigenvalue weighted by molar-refractivity contribution is -0.127. The van der Waals surface area contributed by atoms with Gasteiger partial charge in [-0.3, -0.25) is 9.59 Å². The highest BCUT2D eigenvalue weighted by atomic mass is 19.1. The van der Waals surface area contributed by atoms with Crippen LogP contribution < -0.4 is 0 Å². The second kappa shape index (κ2) is 7.12. The fraction of sp³-hybridized carbons (Fsp3) is 0.222. The number of benzene rings is 1. The van der Waals surface area contributed by atoms with Crippen LogP contribution in [0.1, 0.15) is 15.9 Å². The molecule has 0 aliphatic carbocycles. The zero-order valence-corrected chi connectivity index (χ0v) is 13.0. The van der Waals surface area contributed by atoms with Gasteiger partial charge in [-0.05, 0) is 29.8 Å². The smallest absolute Gasteiger partial charge is 0.257 e. The number of hydrogen-bond donors (Lipinski definition) is 0. The van der Waals surface area contributed by atoms with Crippen LogP contribution in [0.3, 0.4) is 0 Å². The standard InChI is InChI=1S/C18H17FN2O3/c19-16-3-1-2-14(12-16)4-5-17(22)20-7-9-21(10-8-20)18(23)15-6-11-24-13-15/h1-6,11-13H,7-10H2/b5-4+. The number of carbonyl (C=O) groups excluding carboxylic acids is 2. The Morgan fingerprint density at radius 1 is 1.08 bits per heavy atom. The van der Waals surface area contributed by atoms with E-state index in [1.165, 1.54) is 30.7 Å². The summed E-state index contributed by atoms with van der Waals surface area (Å²) >= 11 is 0. The number of hydrogen-bond acceptors (Lipinski definition) is 3. The number of rotatable bonds is 3. The number of nitrogens with zero attached hydrogens (tertiary/aromatic N) is 2. The van der Waals surface area contributed by atoms with E-state index in [-0.39, 0.29) is 17.6 Å². The molecule has 0 bridgehead atoms. The van der Waals surface area contributed by atoms with Gasteiger partial charge in [0.05, 0.1) is 11.8 Å². The van der Waals surface area contributed by atoms with Crippen LogP contribution in [0.5, 0.6) is 0 Å². The quantitative estimate of drug-likeness (QED) is 0.813. The first kappa shape index (κ1) is 16.0. The largest absolute Gasteiger partial charge is 0.472 e. The summed E-state index contributed by atoms with van der Waals surface area (Å²) in [7, 11) is 0. The minimum Gasteiger partial charge on any atom is -0.472 e. The summed E-state index contributed by atoms with van der Waals surface area (Å²) in [6.07, 6.45) is 5.91. The van der Waals surface area contributed by atoms with Crippen molar-refractivity contribution in [2.45, 2.75) is 0 Å². The van der Waals surface area contributed by atoms with Crippen molar-refractivity contribution in [2.24, 2.45) is 0 Å². The molecule has 1 aliphatic heterocycles. The Hall–Kier alpha value is -2.89. The molecule has 5 nitrogen and oxygen atoms in total. The molecule has 2 aromatic rings. The molecule has 124 valence electrons. The van der Waals surface area contributed by atoms with Gasteiger partial charge in [0, 0.05) is 32.3 Å². The molecule has 24 heavy (non-hydrogen) atoms. The lowest BCUT2D eigenvalue weighted by Gasteiger charge is -2.34. The van der Waals surface area contributed by atoms with Gasteiger partial charge < -0.3 is 14.2 Å². The van der Waals surface area contributed by atoms with Gasteiger partial charge in [0.2, 0.25) is 5.91 Å². The van der Waals surface area contributed by atoms with E-state index in [0.717, 1.165) is 0 Å². The highest BCUT2D eigenvalue weighted by molar-refractivity contribution is 5.94. The van der Waals surface area contributed by atoms with Crippen LogP contribution in [0.2, 0.25) is 0 Å². The first-order chi connectivity index (χ1) is 11.6. The van der Waals surface area contributed by atoms with Crippen LogP contribution in [0.4, 0.5) is 4.39 Å². The van der Waals surface area contributed by atoms with Crippen molar-refractivity contribution >= 4 is 17.9 Å². The van der Waals surface area contributed by atoms with Crippen molar-refractivity contribution in [3.05, 3.63) is 65.9 Å². The third-order valence-corrected chi connectivity index (χ3v) is 3.91. The minimum absolute atomic E-state index is 0.0915. The molecule has 1 aliphatic rings. The van der Waals surface area contributed by atoms with E-state index >= 15 is 0 Å². The van der Waals surface area contributed by atoms with Gasteiger partial charge in [-0.1, -0.05) is 12.1 Å². The molecule has 1 fully saturated rings. The molecule has 0 N–H and O–H groups in total. The molecule has 0 saturated carbocycles. The van der Waals surface area contributed by atoms with Gasteiger partial charge in [-0.2, -0.15) is 0 Å². The summed E-state index contributed by atoms with van der Waals surface area (Å²) in [6.45, 7) is 1.89. The Balaban J connectivity index is 1.54. The predicted molar refractivity (Wildman–Crippen MR) is 86.6 cm³/mol. The second-order valence-corrected chi connectivity index (χ2v) is 5.52. The lowest BCUT2D eigenvalue weighted by atomic mass is 10.2. The number of carbonyl (C=O) groups is 2. The molecule has 0 spiro atoms. The Morgan fingerprint density at radius 2 is 1.83 bits per heavy atom. The third-order valence-electron chi connectivity index (χ3n) is 3.91. The zero-order chi connectivity index (χ0) is 16.9. The van der Waals surface area contributed by atoms with E-state index in [4.69, 9.17) is 4.42 Å². The summed E-state index contributed by atoms with van der Waals surface area (Å²) in [5, 5.41) is 0. The average molecular weight is 328 g/mol. The minimum atomic E-state index is -0.337. The fourth-order valence-corrected chi connectivity index (χ4v) is 2.58. The van der Waals surface area contributed by atoms with E-state index in [0.29, 0.717) is 37.3 Å². The fourth-order valence-electron chi connectivity index (χ4n) is 2.58. The number of amides is 2. The molecule has 2 amide bonds. The summed E-state index contributed by atoms with van der Waals surface area (Å²) in [5.74, 6) is -0.572. The van der Waals surface area contributed by atoms with Crippen molar-refractivity contribution in [3.63, 3.8) is 0 Å². The van der Waals surface area contributed by atoms with Crippen LogP contribution in [0, 0.1) is 5.82 Å². The van der Waals surface area contributed by atoms with Crippen LogP contribution >= 0.6 is 0 Å². The van der Waals surface area contributed by atoms with Crippen molar-refractivity contribution in [1.82, 2.24) is 9.80 Å². The molecule has 1 saturated heterocycles. The molecule has 0 radical (unpaired) electrons. The Bertz CT molecular complexity index is 747. The molecule has 6 heteroatoms. The van der Waals surface area contributed by atoms with Gasteiger partial charge in [0.25, 0.3) is 5.91 Å². The molecule has 3 rings (SSSR count). The van der Waals surface area contributed by atoms with Gasteiger partial charge in [0.15, 0.2) is 0 Å². The van der Waals surface area contributed by atoms with Gasteiger partial charge in [-0.25, -0.2) is 4.39 Å². The van der Waals surface area contributed by atoms with Gasteiger partial charge >= 0.3 is 0 Å². The average Bonchev–Trinajstić information content (AvgIpc) is 3.14. The van der Waals surface area contributed by atoms with E-state index in [1.807, 2.05) is 0 Å². The van der Waals surface area contributed by atoms with Crippen LogP contribution in [0.25, 0.3) is 6.08 Å². The van der Waals surface area contributed by atoms with Crippen LogP contribution in [-0.4, -0.2) is 47.8 Å².